The summed E-state index contributed by atoms with van der Waals surface area (Å²) in [4.78, 5) is 25.1. The molecular weight excluding hydrogens is 424 g/mol. The highest BCUT2D eigenvalue weighted by Crippen LogP contribution is 2.21. The summed E-state index contributed by atoms with van der Waals surface area (Å²) in [5.41, 5.74) is 9.31. The fraction of sp³-hybridized carbons (Fsp3) is 0.172. The Hall–Kier alpha value is -4.12. The summed E-state index contributed by atoms with van der Waals surface area (Å²) in [6, 6.07) is 28.2. The van der Waals surface area contributed by atoms with Gasteiger partial charge in [0.1, 0.15) is 6.61 Å². The molecule has 34 heavy (non-hydrogen) atoms. The number of nitrogens with two attached hydrogens (primary N) is 1. The number of amides is 1. The lowest BCUT2D eigenvalue weighted by Gasteiger charge is -2.11. The van der Waals surface area contributed by atoms with Gasteiger partial charge in [0.05, 0.1) is 11.3 Å². The highest BCUT2D eigenvalue weighted by atomic mass is 16.5. The number of esters is 1. The van der Waals surface area contributed by atoms with E-state index in [0.29, 0.717) is 24.1 Å². The first-order valence-electron chi connectivity index (χ1n) is 11.5. The largest absolute Gasteiger partial charge is 0.457 e. The molecule has 3 N–H and O–H groups in total. The lowest BCUT2D eigenvalue weighted by atomic mass is 10.0. The Bertz CT molecular complexity index is 1250. The van der Waals surface area contributed by atoms with Crippen molar-refractivity contribution >= 4 is 34.0 Å². The van der Waals surface area contributed by atoms with Crippen LogP contribution in [0.15, 0.2) is 91.0 Å². The molecule has 0 aliphatic rings. The maximum Gasteiger partial charge on any atom is 0.340 e. The van der Waals surface area contributed by atoms with Gasteiger partial charge in [0.15, 0.2) is 0 Å². The van der Waals surface area contributed by atoms with E-state index in [1.54, 1.807) is 24.3 Å². The summed E-state index contributed by atoms with van der Waals surface area (Å²) < 4.78 is 5.42. The zero-order chi connectivity index (χ0) is 24.3. The third kappa shape index (κ3) is 6.69. The van der Waals surface area contributed by atoms with E-state index >= 15 is 0 Å². The number of hydrogen-bond acceptors (Lipinski definition) is 4. The average molecular weight is 455 g/mol. The van der Waals surface area contributed by atoms with Gasteiger partial charge < -0.3 is 15.8 Å². The number of fused-ring (bicyclic) bond motifs is 1. The third-order valence-corrected chi connectivity index (χ3v) is 5.20. The Morgan fingerprint density at radius 2 is 1.47 bits per heavy atom. The van der Waals surface area contributed by atoms with E-state index in [1.807, 2.05) is 74.5 Å². The number of carbonyl (C=O) groups is 2. The van der Waals surface area contributed by atoms with Crippen molar-refractivity contribution in [3.8, 4) is 0 Å². The predicted molar refractivity (Wildman–Crippen MR) is 139 cm³/mol. The summed E-state index contributed by atoms with van der Waals surface area (Å²) in [5.74, 6) is -0.635. The molecule has 0 bridgehead atoms. The fourth-order valence-electron chi connectivity index (χ4n) is 3.51. The second-order valence-electron chi connectivity index (χ2n) is 7.60. The minimum atomic E-state index is -0.474. The number of benzene rings is 4. The molecule has 0 radical (unpaired) electrons. The van der Waals surface area contributed by atoms with Crippen molar-refractivity contribution in [3.05, 3.63) is 108 Å². The van der Waals surface area contributed by atoms with Crippen LogP contribution in [0.25, 0.3) is 10.8 Å². The molecule has 0 aromatic heterocycles. The second kappa shape index (κ2) is 12.2. The van der Waals surface area contributed by atoms with Crippen molar-refractivity contribution in [2.24, 2.45) is 0 Å². The van der Waals surface area contributed by atoms with Crippen molar-refractivity contribution in [3.63, 3.8) is 0 Å². The average Bonchev–Trinajstić information content (AvgIpc) is 2.88. The van der Waals surface area contributed by atoms with Crippen LogP contribution in [0, 0.1) is 0 Å². The SMILES string of the molecule is CC.Nc1ccc2cc(CCC(=O)Nc3ccccc3C(=O)OCc3ccccc3)ccc2c1. The zero-order valence-corrected chi connectivity index (χ0v) is 19.6. The van der Waals surface area contributed by atoms with Crippen molar-refractivity contribution < 1.29 is 14.3 Å². The molecule has 0 unspecified atom stereocenters. The van der Waals surface area contributed by atoms with Gasteiger partial charge in [0.25, 0.3) is 0 Å². The monoisotopic (exact) mass is 454 g/mol. The number of nitrogens with one attached hydrogen (secondary N) is 1. The number of ether oxygens (including phenoxy) is 1. The summed E-state index contributed by atoms with van der Waals surface area (Å²) in [6.45, 7) is 4.18. The number of rotatable bonds is 7. The van der Waals surface area contributed by atoms with Crippen LogP contribution in [0.1, 0.15) is 41.8 Å². The first-order chi connectivity index (χ1) is 16.6. The number of hydrogen-bond donors (Lipinski definition) is 2. The molecule has 4 aromatic rings. The fourth-order valence-corrected chi connectivity index (χ4v) is 3.51. The Morgan fingerprint density at radius 3 is 2.26 bits per heavy atom. The molecule has 0 aliphatic carbocycles. The van der Waals surface area contributed by atoms with Crippen LogP contribution >= 0.6 is 0 Å². The van der Waals surface area contributed by atoms with Gasteiger partial charge in [0.2, 0.25) is 5.91 Å². The Morgan fingerprint density at radius 1 is 0.794 bits per heavy atom. The van der Waals surface area contributed by atoms with Crippen LogP contribution in [0.5, 0.6) is 0 Å². The number of para-hydroxylation sites is 1. The third-order valence-electron chi connectivity index (χ3n) is 5.20. The van der Waals surface area contributed by atoms with Gasteiger partial charge >= 0.3 is 5.97 Å². The molecule has 5 nitrogen and oxygen atoms in total. The minimum absolute atomic E-state index is 0.161. The summed E-state index contributed by atoms with van der Waals surface area (Å²) in [5, 5.41) is 5.01. The van der Waals surface area contributed by atoms with Gasteiger partial charge in [-0.15, -0.1) is 0 Å². The van der Waals surface area contributed by atoms with E-state index in [1.165, 1.54) is 0 Å². The van der Waals surface area contributed by atoms with Gasteiger partial charge in [-0.2, -0.15) is 0 Å². The first-order valence-corrected chi connectivity index (χ1v) is 11.5. The summed E-state index contributed by atoms with van der Waals surface area (Å²) in [7, 11) is 0. The highest BCUT2D eigenvalue weighted by molar-refractivity contribution is 6.01. The predicted octanol–water partition coefficient (Wildman–Crippen LogP) is 6.38. The topological polar surface area (TPSA) is 81.4 Å². The molecule has 5 heteroatoms. The number of aryl methyl sites for hydroxylation is 1. The molecule has 0 heterocycles. The molecule has 174 valence electrons. The van der Waals surface area contributed by atoms with Gasteiger partial charge in [0, 0.05) is 12.1 Å². The molecule has 0 saturated heterocycles. The van der Waals surface area contributed by atoms with E-state index in [0.717, 1.165) is 27.6 Å². The van der Waals surface area contributed by atoms with E-state index in [2.05, 4.69) is 11.4 Å². The lowest BCUT2D eigenvalue weighted by Crippen LogP contribution is -2.16. The molecule has 0 saturated carbocycles. The van der Waals surface area contributed by atoms with Crippen LogP contribution in [-0.2, 0) is 22.6 Å². The van der Waals surface area contributed by atoms with Crippen LogP contribution in [0.4, 0.5) is 11.4 Å². The van der Waals surface area contributed by atoms with Crippen molar-refractivity contribution in [2.45, 2.75) is 33.3 Å². The second-order valence-corrected chi connectivity index (χ2v) is 7.60. The van der Waals surface area contributed by atoms with Crippen molar-refractivity contribution in [1.29, 1.82) is 0 Å². The molecule has 0 fully saturated rings. The lowest BCUT2D eigenvalue weighted by molar-refractivity contribution is -0.116. The normalized spacial score (nSPS) is 10.2. The van der Waals surface area contributed by atoms with Crippen LogP contribution in [0.2, 0.25) is 0 Å². The van der Waals surface area contributed by atoms with Crippen molar-refractivity contribution in [1.82, 2.24) is 0 Å². The number of nitrogen functional groups attached to an aromatic ring is 1. The molecular formula is C29H30N2O3. The molecule has 4 rings (SSSR count). The number of carbonyl (C=O) groups excluding carboxylic acids is 2. The van der Waals surface area contributed by atoms with Gasteiger partial charge in [-0.05, 0) is 52.6 Å². The van der Waals surface area contributed by atoms with Crippen molar-refractivity contribution in [2.75, 3.05) is 11.1 Å². The number of anilines is 2. The van der Waals surface area contributed by atoms with Crippen LogP contribution in [-0.4, -0.2) is 11.9 Å². The van der Waals surface area contributed by atoms with Crippen LogP contribution < -0.4 is 11.1 Å². The Balaban J connectivity index is 0.00000158. The molecule has 0 aliphatic heterocycles. The van der Waals surface area contributed by atoms with E-state index in [-0.39, 0.29) is 12.5 Å². The Labute approximate surface area is 200 Å². The first kappa shape index (κ1) is 24.5. The van der Waals surface area contributed by atoms with E-state index < -0.39 is 5.97 Å². The maximum atomic E-state index is 12.6. The minimum Gasteiger partial charge on any atom is -0.457 e. The van der Waals surface area contributed by atoms with Crippen LogP contribution in [0.3, 0.4) is 0 Å². The standard InChI is InChI=1S/C27H24N2O3.C2H6/c28-23-14-13-21-16-19(10-12-22(21)17-23)11-15-26(30)29-25-9-5-4-8-24(25)27(31)32-18-20-6-2-1-3-7-20;1-2/h1-10,12-14,16-17H,11,15,18,28H2,(H,29,30);1-2H3. The Kier molecular flexibility index (Phi) is 8.81. The van der Waals surface area contributed by atoms with Gasteiger partial charge in [-0.25, -0.2) is 4.79 Å². The molecule has 0 atom stereocenters. The zero-order valence-electron chi connectivity index (χ0n) is 19.6. The summed E-state index contributed by atoms with van der Waals surface area (Å²) >= 11 is 0. The van der Waals surface area contributed by atoms with Gasteiger partial charge in [-0.1, -0.05) is 80.6 Å². The smallest absolute Gasteiger partial charge is 0.340 e. The summed E-state index contributed by atoms with van der Waals surface area (Å²) in [6.07, 6.45) is 0.890. The highest BCUT2D eigenvalue weighted by Gasteiger charge is 2.14. The molecule has 4 aromatic carbocycles. The van der Waals surface area contributed by atoms with Gasteiger partial charge in [-0.3, -0.25) is 4.79 Å². The molecule has 0 spiro atoms. The van der Waals surface area contributed by atoms with E-state index in [4.69, 9.17) is 10.5 Å². The van der Waals surface area contributed by atoms with E-state index in [9.17, 15) is 9.59 Å². The molecule has 1 amide bonds. The maximum absolute atomic E-state index is 12.6. The quantitative estimate of drug-likeness (QED) is 0.251.